The van der Waals surface area contributed by atoms with Crippen LogP contribution in [0.15, 0.2) is 4.99 Å². The molecule has 0 aromatic heterocycles. The average molecular weight is 143 g/mol. The predicted octanol–water partition coefficient (Wildman–Crippen LogP) is 0.468. The van der Waals surface area contributed by atoms with Crippen molar-refractivity contribution < 1.29 is 14.7 Å². The van der Waals surface area contributed by atoms with Gasteiger partial charge in [-0.2, -0.15) is 0 Å². The van der Waals surface area contributed by atoms with Crippen molar-refractivity contribution in [2.24, 2.45) is 4.99 Å². The lowest BCUT2D eigenvalue weighted by atomic mass is 10.4. The third-order valence-electron chi connectivity index (χ3n) is 0.720. The molecule has 4 heteroatoms. The van der Waals surface area contributed by atoms with Crippen molar-refractivity contribution in [2.45, 2.75) is 19.8 Å². The molecule has 0 aliphatic rings. The fraction of sp³-hybridized carbons (Fsp3) is 0.500. The Morgan fingerprint density at radius 2 is 2.20 bits per heavy atom. The Morgan fingerprint density at radius 1 is 1.60 bits per heavy atom. The zero-order valence-corrected chi connectivity index (χ0v) is 5.70. The van der Waals surface area contributed by atoms with E-state index in [1.807, 2.05) is 6.92 Å². The van der Waals surface area contributed by atoms with Gasteiger partial charge in [0.1, 0.15) is 6.42 Å². The maximum absolute atomic E-state index is 10.4. The van der Waals surface area contributed by atoms with E-state index < -0.39 is 18.3 Å². The van der Waals surface area contributed by atoms with Crippen LogP contribution in [0, 0.1) is 0 Å². The Bertz CT molecular complexity index is 162. The van der Waals surface area contributed by atoms with Gasteiger partial charge in [-0.15, -0.1) is 0 Å². The average Bonchev–Trinajstić information content (AvgIpc) is 1.82. The highest BCUT2D eigenvalue weighted by Crippen LogP contribution is 1.83. The Morgan fingerprint density at radius 3 is 2.60 bits per heavy atom. The van der Waals surface area contributed by atoms with E-state index in [2.05, 4.69) is 4.99 Å². The second-order valence-corrected chi connectivity index (χ2v) is 1.68. The number of amides is 1. The van der Waals surface area contributed by atoms with Gasteiger partial charge >= 0.3 is 5.97 Å². The minimum Gasteiger partial charge on any atom is -0.481 e. The summed E-state index contributed by atoms with van der Waals surface area (Å²) in [6, 6.07) is 0. The van der Waals surface area contributed by atoms with Crippen molar-refractivity contribution in [1.82, 2.24) is 0 Å². The number of rotatable bonds is 3. The van der Waals surface area contributed by atoms with Crippen LogP contribution >= 0.6 is 0 Å². The zero-order chi connectivity index (χ0) is 7.98. The summed E-state index contributed by atoms with van der Waals surface area (Å²) in [7, 11) is 0. The minimum absolute atomic E-state index is 0.517. The van der Waals surface area contributed by atoms with E-state index in [-0.39, 0.29) is 0 Å². The van der Waals surface area contributed by atoms with Crippen molar-refractivity contribution >= 4 is 18.1 Å². The highest BCUT2D eigenvalue weighted by atomic mass is 16.4. The molecule has 0 heterocycles. The zero-order valence-electron chi connectivity index (χ0n) is 5.70. The molecule has 0 spiro atoms. The molecule has 0 saturated heterocycles. The van der Waals surface area contributed by atoms with E-state index in [4.69, 9.17) is 5.11 Å². The summed E-state index contributed by atoms with van der Waals surface area (Å²) in [5, 5.41) is 8.09. The van der Waals surface area contributed by atoms with Gasteiger partial charge in [0.15, 0.2) is 0 Å². The van der Waals surface area contributed by atoms with Gasteiger partial charge in [-0.1, -0.05) is 6.92 Å². The molecule has 1 amide bonds. The van der Waals surface area contributed by atoms with Crippen LogP contribution in [0.4, 0.5) is 0 Å². The van der Waals surface area contributed by atoms with Crippen LogP contribution in [-0.4, -0.2) is 23.2 Å². The SMILES string of the molecule is CCC=NC(=O)CC(=O)O. The first kappa shape index (κ1) is 8.81. The molecule has 4 nitrogen and oxygen atoms in total. The monoisotopic (exact) mass is 143 g/mol. The summed E-state index contributed by atoms with van der Waals surface area (Å²) in [5.74, 6) is -1.74. The maximum Gasteiger partial charge on any atom is 0.312 e. The van der Waals surface area contributed by atoms with Gasteiger partial charge in [0.05, 0.1) is 0 Å². The molecule has 1 N–H and O–H groups in total. The van der Waals surface area contributed by atoms with E-state index in [1.165, 1.54) is 6.21 Å². The minimum atomic E-state index is -1.14. The van der Waals surface area contributed by atoms with E-state index in [1.54, 1.807) is 0 Å². The quantitative estimate of drug-likeness (QED) is 0.461. The normalized spacial score (nSPS) is 10.1. The second-order valence-electron chi connectivity index (χ2n) is 1.68. The number of aliphatic carboxylic acids is 1. The van der Waals surface area contributed by atoms with Gasteiger partial charge in [-0.25, -0.2) is 4.99 Å². The molecule has 0 fully saturated rings. The fourth-order valence-corrected chi connectivity index (χ4v) is 0.368. The third-order valence-corrected chi connectivity index (χ3v) is 0.720. The number of hydrogen-bond donors (Lipinski definition) is 1. The molecule has 0 radical (unpaired) electrons. The molecule has 0 aliphatic heterocycles. The van der Waals surface area contributed by atoms with Crippen molar-refractivity contribution in [1.29, 1.82) is 0 Å². The number of aliphatic imine (C=N–C) groups is 1. The molecule has 10 heavy (non-hydrogen) atoms. The van der Waals surface area contributed by atoms with E-state index in [0.29, 0.717) is 6.42 Å². The topological polar surface area (TPSA) is 66.7 Å². The molecule has 0 bridgehead atoms. The largest absolute Gasteiger partial charge is 0.481 e. The van der Waals surface area contributed by atoms with Crippen LogP contribution in [0.1, 0.15) is 19.8 Å². The first-order valence-corrected chi connectivity index (χ1v) is 2.94. The van der Waals surface area contributed by atoms with Gasteiger partial charge in [-0.3, -0.25) is 9.59 Å². The summed E-state index contributed by atoms with van der Waals surface area (Å²) in [6.45, 7) is 1.82. The summed E-state index contributed by atoms with van der Waals surface area (Å²) >= 11 is 0. The smallest absolute Gasteiger partial charge is 0.312 e. The first-order chi connectivity index (χ1) is 4.66. The Labute approximate surface area is 58.6 Å². The van der Waals surface area contributed by atoms with Crippen LogP contribution in [0.3, 0.4) is 0 Å². The molecular weight excluding hydrogens is 134 g/mol. The Kier molecular flexibility index (Phi) is 4.11. The molecule has 0 aromatic carbocycles. The molecule has 0 atom stereocenters. The lowest BCUT2D eigenvalue weighted by Crippen LogP contribution is -2.03. The molecule has 0 unspecified atom stereocenters. The van der Waals surface area contributed by atoms with Crippen molar-refractivity contribution in [2.75, 3.05) is 0 Å². The summed E-state index contributed by atoms with van der Waals surface area (Å²) in [5.41, 5.74) is 0. The van der Waals surface area contributed by atoms with Gasteiger partial charge in [-0.05, 0) is 6.42 Å². The van der Waals surface area contributed by atoms with E-state index in [9.17, 15) is 9.59 Å². The lowest BCUT2D eigenvalue weighted by molar-refractivity contribution is -0.139. The van der Waals surface area contributed by atoms with Gasteiger partial charge in [0.2, 0.25) is 0 Å². The Hall–Kier alpha value is -1.19. The number of carbonyl (C=O) groups excluding carboxylic acids is 1. The molecule has 0 aromatic rings. The second kappa shape index (κ2) is 4.67. The van der Waals surface area contributed by atoms with Crippen LogP contribution in [-0.2, 0) is 9.59 Å². The standard InChI is InChI=1S/C6H9NO3/c1-2-3-7-5(8)4-6(9)10/h3H,2,4H2,1H3,(H,9,10). The third kappa shape index (κ3) is 4.96. The van der Waals surface area contributed by atoms with E-state index >= 15 is 0 Å². The number of nitrogens with zero attached hydrogens (tertiary/aromatic N) is 1. The van der Waals surface area contributed by atoms with Crippen LogP contribution < -0.4 is 0 Å². The van der Waals surface area contributed by atoms with Crippen LogP contribution in [0.2, 0.25) is 0 Å². The lowest BCUT2D eigenvalue weighted by Gasteiger charge is -1.85. The molecule has 0 aliphatic carbocycles. The number of carbonyl (C=O) groups is 2. The molecule has 0 rings (SSSR count). The van der Waals surface area contributed by atoms with Gasteiger partial charge < -0.3 is 5.11 Å². The summed E-state index contributed by atoms with van der Waals surface area (Å²) in [4.78, 5) is 23.6. The number of carboxylic acid groups (broad SMARTS) is 1. The van der Waals surface area contributed by atoms with Crippen molar-refractivity contribution in [3.05, 3.63) is 0 Å². The van der Waals surface area contributed by atoms with Gasteiger partial charge in [0.25, 0.3) is 5.91 Å². The predicted molar refractivity (Wildman–Crippen MR) is 36.0 cm³/mol. The summed E-state index contributed by atoms with van der Waals surface area (Å²) < 4.78 is 0. The first-order valence-electron chi connectivity index (χ1n) is 2.94. The molecule has 0 saturated carbocycles. The number of hydrogen-bond acceptors (Lipinski definition) is 2. The highest BCUT2D eigenvalue weighted by Gasteiger charge is 2.03. The van der Waals surface area contributed by atoms with E-state index in [0.717, 1.165) is 0 Å². The molecule has 56 valence electrons. The van der Waals surface area contributed by atoms with Crippen molar-refractivity contribution in [3.63, 3.8) is 0 Å². The number of carboxylic acids is 1. The summed E-state index contributed by atoms with van der Waals surface area (Å²) in [6.07, 6.45) is 1.52. The highest BCUT2D eigenvalue weighted by molar-refractivity contribution is 5.96. The van der Waals surface area contributed by atoms with Crippen LogP contribution in [0.5, 0.6) is 0 Å². The Balaban J connectivity index is 3.64. The van der Waals surface area contributed by atoms with Crippen LogP contribution in [0.25, 0.3) is 0 Å². The fourth-order valence-electron chi connectivity index (χ4n) is 0.368. The maximum atomic E-state index is 10.4. The molecular formula is C6H9NO3. The van der Waals surface area contributed by atoms with Gasteiger partial charge in [0, 0.05) is 6.21 Å². The van der Waals surface area contributed by atoms with Crippen molar-refractivity contribution in [3.8, 4) is 0 Å².